The van der Waals surface area contributed by atoms with Crippen molar-refractivity contribution >= 4 is 25.7 Å². The maximum absolute atomic E-state index is 9.89. The summed E-state index contributed by atoms with van der Waals surface area (Å²) in [6.45, 7) is 0. The van der Waals surface area contributed by atoms with Crippen LogP contribution in [-0.2, 0) is 10.9 Å². The van der Waals surface area contributed by atoms with Gasteiger partial charge >= 0.3 is 32.1 Å². The van der Waals surface area contributed by atoms with E-state index in [9.17, 15) is 17.3 Å². The molecule has 0 heterocycles. The molecule has 3 rings (SSSR count). The predicted octanol–water partition coefficient (Wildman–Crippen LogP) is 6.50. The van der Waals surface area contributed by atoms with Crippen LogP contribution in [0.25, 0.3) is 0 Å². The van der Waals surface area contributed by atoms with Crippen LogP contribution in [0.5, 0.6) is 0 Å². The third-order valence-corrected chi connectivity index (χ3v) is 5.17. The Balaban J connectivity index is 0.000000326. The second-order valence-electron chi connectivity index (χ2n) is 4.88. The summed E-state index contributed by atoms with van der Waals surface area (Å²) in [6.07, 6.45) is 0. The molecule has 0 fully saturated rings. The van der Waals surface area contributed by atoms with E-state index >= 15 is 0 Å². The first-order valence-electron chi connectivity index (χ1n) is 7.19. The smallest absolute Gasteiger partial charge is 0.0619 e. The second-order valence-corrected chi connectivity index (χ2v) is 9.59. The molecule has 0 nitrogen and oxygen atoms in total. The summed E-state index contributed by atoms with van der Waals surface area (Å²) in [5, 5.41) is 0. The third kappa shape index (κ3) is 7.76. The largest absolute Gasteiger partial charge is 0.166 e. The monoisotopic (exact) mass is 433 g/mol. The van der Waals surface area contributed by atoms with Gasteiger partial charge in [-0.1, -0.05) is 54.6 Å². The average Bonchev–Trinajstić information content (AvgIpc) is 2.56. The molecule has 0 aromatic heterocycles. The van der Waals surface area contributed by atoms with Gasteiger partial charge in [0.2, 0.25) is 0 Å². The molecule has 0 saturated heterocycles. The van der Waals surface area contributed by atoms with Crippen LogP contribution in [0.1, 0.15) is 0 Å². The SMILES string of the molecule is F[As](F)(F)(F)F.c1ccc([S+](c2ccccc2)c2ccccc2)cc1. The number of hydrogen-bond acceptors (Lipinski definition) is 0. The normalized spacial score (nSPS) is 12.6. The summed E-state index contributed by atoms with van der Waals surface area (Å²) in [5.74, 6) is 0. The van der Waals surface area contributed by atoms with Gasteiger partial charge in [0, 0.05) is 0 Å². The Morgan fingerprint density at radius 1 is 0.440 bits per heavy atom. The van der Waals surface area contributed by atoms with Gasteiger partial charge in [-0.3, -0.25) is 0 Å². The minimum atomic E-state index is -8.99. The molecule has 0 spiro atoms. The van der Waals surface area contributed by atoms with Crippen molar-refractivity contribution in [2.45, 2.75) is 14.7 Å². The fourth-order valence-corrected chi connectivity index (χ4v) is 4.18. The van der Waals surface area contributed by atoms with Gasteiger partial charge in [0.25, 0.3) is 0 Å². The second kappa shape index (κ2) is 8.06. The van der Waals surface area contributed by atoms with Crippen molar-refractivity contribution in [2.24, 2.45) is 0 Å². The minimum absolute atomic E-state index is 0.0146. The van der Waals surface area contributed by atoms with Gasteiger partial charge < -0.3 is 0 Å². The van der Waals surface area contributed by atoms with Crippen molar-refractivity contribution in [3.63, 3.8) is 0 Å². The zero-order valence-corrected chi connectivity index (χ0v) is 15.6. The number of halogens is 5. The number of rotatable bonds is 3. The molecular formula is C18H15AsF5S+. The molecule has 7 heteroatoms. The minimum Gasteiger partial charge on any atom is -0.0619 e. The standard InChI is InChI=1S/C18H15S.AsF5/c1-4-10-16(11-5-1)19(17-12-6-2-7-13-17)18-14-8-3-9-15-18;2-1(3,4,5)6/h1-15H;/q+1;. The molecule has 132 valence electrons. The predicted molar refractivity (Wildman–Crippen MR) is 92.8 cm³/mol. The van der Waals surface area contributed by atoms with Crippen LogP contribution >= 0.6 is 0 Å². The van der Waals surface area contributed by atoms with E-state index in [2.05, 4.69) is 91.0 Å². The molecule has 0 unspecified atom stereocenters. The van der Waals surface area contributed by atoms with Crippen LogP contribution in [0.15, 0.2) is 106 Å². The Labute approximate surface area is 148 Å². The quantitative estimate of drug-likeness (QED) is 0.251. The summed E-state index contributed by atoms with van der Waals surface area (Å²) in [4.78, 5) is 4.08. The molecular weight excluding hydrogens is 418 g/mol. The Kier molecular flexibility index (Phi) is 6.30. The van der Waals surface area contributed by atoms with Crippen LogP contribution in [-0.4, -0.2) is 14.8 Å². The van der Waals surface area contributed by atoms with Crippen LogP contribution in [0.3, 0.4) is 0 Å². The molecule has 3 aromatic rings. The van der Waals surface area contributed by atoms with E-state index < -0.39 is 14.8 Å². The zero-order valence-electron chi connectivity index (χ0n) is 12.9. The van der Waals surface area contributed by atoms with E-state index in [1.807, 2.05) is 0 Å². The average molecular weight is 433 g/mol. The van der Waals surface area contributed by atoms with Crippen molar-refractivity contribution in [1.29, 1.82) is 0 Å². The molecule has 3 aromatic carbocycles. The van der Waals surface area contributed by atoms with E-state index in [0.717, 1.165) is 0 Å². The van der Waals surface area contributed by atoms with Crippen molar-refractivity contribution in [3.05, 3.63) is 91.0 Å². The van der Waals surface area contributed by atoms with Gasteiger partial charge in [0.15, 0.2) is 14.7 Å². The molecule has 0 saturated carbocycles. The van der Waals surface area contributed by atoms with Crippen molar-refractivity contribution in [2.75, 3.05) is 0 Å². The van der Waals surface area contributed by atoms with Crippen molar-refractivity contribution in [1.82, 2.24) is 0 Å². The number of hydrogen-bond donors (Lipinski definition) is 0. The van der Waals surface area contributed by atoms with Crippen molar-refractivity contribution in [3.8, 4) is 0 Å². The summed E-state index contributed by atoms with van der Waals surface area (Å²) in [7, 11) is -0.0146. The molecule has 0 N–H and O–H groups in total. The van der Waals surface area contributed by atoms with Gasteiger partial charge in [-0.2, -0.15) is 0 Å². The van der Waals surface area contributed by atoms with Crippen LogP contribution in [0.4, 0.5) is 17.3 Å². The van der Waals surface area contributed by atoms with Crippen LogP contribution < -0.4 is 0 Å². The molecule has 0 aliphatic heterocycles. The topological polar surface area (TPSA) is 0 Å². The van der Waals surface area contributed by atoms with Gasteiger partial charge in [0.05, 0.1) is 10.9 Å². The van der Waals surface area contributed by atoms with Gasteiger partial charge in [-0.05, 0) is 36.4 Å². The maximum atomic E-state index is 9.89. The maximum Gasteiger partial charge on any atom is 0.166 e. The Bertz CT molecular complexity index is 663. The van der Waals surface area contributed by atoms with Gasteiger partial charge in [0.1, 0.15) is 0 Å². The van der Waals surface area contributed by atoms with Crippen LogP contribution in [0, 0.1) is 0 Å². The molecule has 25 heavy (non-hydrogen) atoms. The Hall–Kier alpha value is -1.78. The summed E-state index contributed by atoms with van der Waals surface area (Å²) in [5.41, 5.74) is 0. The van der Waals surface area contributed by atoms with Gasteiger partial charge in [-0.15, -0.1) is 0 Å². The molecule has 0 atom stereocenters. The molecule has 0 amide bonds. The van der Waals surface area contributed by atoms with E-state index in [1.165, 1.54) is 14.7 Å². The first kappa shape index (κ1) is 19.5. The summed E-state index contributed by atoms with van der Waals surface area (Å²) in [6, 6.07) is 32.2. The fraction of sp³-hybridized carbons (Fsp3) is 0. The molecule has 0 bridgehead atoms. The number of benzene rings is 3. The molecule has 0 radical (unpaired) electrons. The summed E-state index contributed by atoms with van der Waals surface area (Å²) >= 11 is -8.99. The first-order valence-corrected chi connectivity index (χ1v) is 12.0. The fourth-order valence-electron chi connectivity index (χ4n) is 2.08. The zero-order chi connectivity index (χ0) is 18.4. The third-order valence-electron chi connectivity index (χ3n) is 2.94. The Morgan fingerprint density at radius 2 is 0.640 bits per heavy atom. The summed E-state index contributed by atoms with van der Waals surface area (Å²) < 4.78 is 49.4. The molecule has 0 aliphatic carbocycles. The first-order chi connectivity index (χ1) is 11.7. The van der Waals surface area contributed by atoms with Crippen molar-refractivity contribution < 1.29 is 17.3 Å². The van der Waals surface area contributed by atoms with E-state index in [4.69, 9.17) is 0 Å². The van der Waals surface area contributed by atoms with E-state index in [0.29, 0.717) is 0 Å². The Morgan fingerprint density at radius 3 is 0.840 bits per heavy atom. The van der Waals surface area contributed by atoms with E-state index in [-0.39, 0.29) is 10.9 Å². The van der Waals surface area contributed by atoms with E-state index in [1.54, 1.807) is 0 Å². The van der Waals surface area contributed by atoms with Gasteiger partial charge in [-0.25, -0.2) is 0 Å². The molecule has 0 aliphatic rings. The van der Waals surface area contributed by atoms with Crippen LogP contribution in [0.2, 0.25) is 0 Å².